The van der Waals surface area contributed by atoms with Crippen LogP contribution in [0.1, 0.15) is 31.2 Å². The summed E-state index contributed by atoms with van der Waals surface area (Å²) < 4.78 is 16.2. The molecule has 2 N–H and O–H groups in total. The number of esters is 1. The molecule has 0 unspecified atom stereocenters. The molecule has 1 fully saturated rings. The molecule has 28 heavy (non-hydrogen) atoms. The summed E-state index contributed by atoms with van der Waals surface area (Å²) in [4.78, 5) is 37.1. The number of ether oxygens (including phenoxy) is 3. The average Bonchev–Trinajstić information content (AvgIpc) is 2.95. The van der Waals surface area contributed by atoms with Gasteiger partial charge in [0, 0.05) is 19.0 Å². The second-order valence-electron chi connectivity index (χ2n) is 6.70. The zero-order valence-electron chi connectivity index (χ0n) is 15.6. The van der Waals surface area contributed by atoms with E-state index in [-0.39, 0.29) is 0 Å². The van der Waals surface area contributed by atoms with Gasteiger partial charge >= 0.3 is 5.97 Å². The Morgan fingerprint density at radius 2 is 1.93 bits per heavy atom. The number of rotatable bonds is 5. The Bertz CT molecular complexity index is 776. The van der Waals surface area contributed by atoms with Gasteiger partial charge in [0.15, 0.2) is 18.1 Å². The van der Waals surface area contributed by atoms with Gasteiger partial charge in [0.05, 0.1) is 13.2 Å². The van der Waals surface area contributed by atoms with Crippen molar-refractivity contribution in [2.24, 2.45) is 5.73 Å². The molecule has 1 saturated heterocycles. The van der Waals surface area contributed by atoms with Gasteiger partial charge < -0.3 is 24.8 Å². The first-order valence-electron chi connectivity index (χ1n) is 9.38. The van der Waals surface area contributed by atoms with Gasteiger partial charge in [-0.2, -0.15) is 0 Å². The lowest BCUT2D eigenvalue weighted by Gasteiger charge is -2.33. The van der Waals surface area contributed by atoms with Crippen molar-refractivity contribution in [3.63, 3.8) is 0 Å². The first kappa shape index (κ1) is 19.7. The largest absolute Gasteiger partial charge is 0.490 e. The van der Waals surface area contributed by atoms with Crippen molar-refractivity contribution in [1.29, 1.82) is 0 Å². The molecule has 2 aliphatic rings. The number of piperidine rings is 1. The van der Waals surface area contributed by atoms with Crippen LogP contribution in [0.5, 0.6) is 11.5 Å². The average molecular weight is 388 g/mol. The molecule has 0 spiro atoms. The van der Waals surface area contributed by atoms with Crippen LogP contribution < -0.4 is 15.2 Å². The molecule has 150 valence electrons. The van der Waals surface area contributed by atoms with E-state index in [0.29, 0.717) is 37.7 Å². The summed E-state index contributed by atoms with van der Waals surface area (Å²) in [5, 5.41) is 0. The summed E-state index contributed by atoms with van der Waals surface area (Å²) >= 11 is 0. The van der Waals surface area contributed by atoms with Gasteiger partial charge in [0.25, 0.3) is 5.91 Å². The van der Waals surface area contributed by atoms with Crippen molar-refractivity contribution >= 4 is 23.9 Å². The van der Waals surface area contributed by atoms with Gasteiger partial charge in [-0.1, -0.05) is 6.07 Å². The third kappa shape index (κ3) is 5.03. The van der Waals surface area contributed by atoms with Crippen LogP contribution in [0.2, 0.25) is 0 Å². The van der Waals surface area contributed by atoms with Crippen molar-refractivity contribution in [2.75, 3.05) is 26.4 Å². The van der Waals surface area contributed by atoms with Crippen molar-refractivity contribution in [3.8, 4) is 11.5 Å². The molecule has 2 aliphatic heterocycles. The molecular formula is C20H24N2O6. The number of likely N-dealkylation sites (tertiary alicyclic amines) is 1. The Balaban J connectivity index is 1.53. The van der Waals surface area contributed by atoms with Crippen LogP contribution in [-0.4, -0.2) is 55.1 Å². The highest BCUT2D eigenvalue weighted by atomic mass is 16.5. The van der Waals surface area contributed by atoms with E-state index >= 15 is 0 Å². The fourth-order valence-electron chi connectivity index (χ4n) is 3.24. The maximum Gasteiger partial charge on any atom is 0.331 e. The molecule has 0 bridgehead atoms. The molecule has 2 amide bonds. The molecule has 2 heterocycles. The molecule has 1 aromatic rings. The van der Waals surface area contributed by atoms with Gasteiger partial charge in [-0.3, -0.25) is 9.59 Å². The van der Waals surface area contributed by atoms with Crippen molar-refractivity contribution < 1.29 is 28.6 Å². The highest BCUT2D eigenvalue weighted by Crippen LogP contribution is 2.30. The minimum absolute atomic E-state index is 0.416. The lowest BCUT2D eigenvalue weighted by Crippen LogP contribution is -2.51. The molecule has 1 aromatic carbocycles. The van der Waals surface area contributed by atoms with E-state index in [1.54, 1.807) is 24.3 Å². The van der Waals surface area contributed by atoms with Crippen molar-refractivity contribution in [2.45, 2.75) is 31.7 Å². The summed E-state index contributed by atoms with van der Waals surface area (Å²) in [6, 6.07) is 4.74. The zero-order valence-corrected chi connectivity index (χ0v) is 15.6. The maximum atomic E-state index is 12.3. The molecule has 0 aromatic heterocycles. The summed E-state index contributed by atoms with van der Waals surface area (Å²) in [5.41, 5.74) is 6.10. The van der Waals surface area contributed by atoms with Crippen LogP contribution >= 0.6 is 0 Å². The summed E-state index contributed by atoms with van der Waals surface area (Å²) in [6.45, 7) is 1.20. The number of fused-ring (bicyclic) bond motifs is 1. The predicted octanol–water partition coefficient (Wildman–Crippen LogP) is 1.27. The van der Waals surface area contributed by atoms with E-state index in [9.17, 15) is 14.4 Å². The fraction of sp³-hybridized carbons (Fsp3) is 0.450. The Labute approximate surface area is 163 Å². The standard InChI is InChI=1S/C20H24N2O6/c21-20(25)15-4-1-2-9-22(15)18(23)13-28-19(24)8-6-14-5-7-16-17(12-14)27-11-3-10-26-16/h5-8,12,15H,1-4,9-11,13H2,(H2,21,25)/b8-6+/t15-/m1/s1. The van der Waals surface area contributed by atoms with E-state index in [1.165, 1.54) is 11.0 Å². The van der Waals surface area contributed by atoms with Gasteiger partial charge in [-0.05, 0) is 43.0 Å². The summed E-state index contributed by atoms with van der Waals surface area (Å²) in [7, 11) is 0. The predicted molar refractivity (Wildman–Crippen MR) is 101 cm³/mol. The fourth-order valence-corrected chi connectivity index (χ4v) is 3.24. The van der Waals surface area contributed by atoms with Crippen LogP contribution in [0.25, 0.3) is 6.08 Å². The van der Waals surface area contributed by atoms with Crippen LogP contribution in [-0.2, 0) is 19.1 Å². The van der Waals surface area contributed by atoms with E-state index < -0.39 is 30.4 Å². The number of primary amides is 1. The number of carbonyl (C=O) groups is 3. The second-order valence-corrected chi connectivity index (χ2v) is 6.70. The second kappa shape index (κ2) is 9.25. The van der Waals surface area contributed by atoms with Gasteiger partial charge in [0.2, 0.25) is 5.91 Å². The quantitative estimate of drug-likeness (QED) is 0.601. The normalized spacial score (nSPS) is 19.1. The van der Waals surface area contributed by atoms with Crippen LogP contribution in [0, 0.1) is 0 Å². The zero-order chi connectivity index (χ0) is 19.9. The smallest absolute Gasteiger partial charge is 0.331 e. The van der Waals surface area contributed by atoms with E-state index in [1.807, 2.05) is 0 Å². The van der Waals surface area contributed by atoms with Gasteiger partial charge in [-0.25, -0.2) is 4.79 Å². The van der Waals surface area contributed by atoms with Crippen LogP contribution in [0.3, 0.4) is 0 Å². The lowest BCUT2D eigenvalue weighted by atomic mass is 10.0. The van der Waals surface area contributed by atoms with Gasteiger partial charge in [-0.15, -0.1) is 0 Å². The van der Waals surface area contributed by atoms with E-state index in [0.717, 1.165) is 24.8 Å². The molecular weight excluding hydrogens is 364 g/mol. The maximum absolute atomic E-state index is 12.3. The number of benzene rings is 1. The molecule has 3 rings (SSSR count). The molecule has 0 radical (unpaired) electrons. The number of amides is 2. The topological polar surface area (TPSA) is 108 Å². The number of carbonyl (C=O) groups excluding carboxylic acids is 3. The SMILES string of the molecule is NC(=O)[C@H]1CCCCN1C(=O)COC(=O)/C=C/c1ccc2c(c1)OCCCO2. The summed E-state index contributed by atoms with van der Waals surface area (Å²) in [5.74, 6) is -0.290. The van der Waals surface area contributed by atoms with E-state index in [2.05, 4.69) is 0 Å². The molecule has 0 aliphatic carbocycles. The highest BCUT2D eigenvalue weighted by Gasteiger charge is 2.30. The number of nitrogens with zero attached hydrogens (tertiary/aromatic N) is 1. The minimum Gasteiger partial charge on any atom is -0.490 e. The van der Waals surface area contributed by atoms with Crippen LogP contribution in [0.4, 0.5) is 0 Å². The van der Waals surface area contributed by atoms with Crippen molar-refractivity contribution in [1.82, 2.24) is 4.90 Å². The first-order valence-corrected chi connectivity index (χ1v) is 9.38. The number of hydrogen-bond donors (Lipinski definition) is 1. The van der Waals surface area contributed by atoms with Crippen LogP contribution in [0.15, 0.2) is 24.3 Å². The van der Waals surface area contributed by atoms with Crippen molar-refractivity contribution in [3.05, 3.63) is 29.8 Å². The van der Waals surface area contributed by atoms with E-state index in [4.69, 9.17) is 19.9 Å². The first-order chi connectivity index (χ1) is 13.5. The highest BCUT2D eigenvalue weighted by molar-refractivity contribution is 5.91. The Morgan fingerprint density at radius 1 is 1.14 bits per heavy atom. The third-order valence-corrected chi connectivity index (χ3v) is 4.67. The summed E-state index contributed by atoms with van der Waals surface area (Å²) in [6.07, 6.45) is 5.82. The monoisotopic (exact) mass is 388 g/mol. The molecule has 8 heteroatoms. The number of nitrogens with two attached hydrogens (primary N) is 1. The Morgan fingerprint density at radius 3 is 2.71 bits per heavy atom. The van der Waals surface area contributed by atoms with Gasteiger partial charge in [0.1, 0.15) is 6.04 Å². The lowest BCUT2D eigenvalue weighted by molar-refractivity contribution is -0.151. The Kier molecular flexibility index (Phi) is 6.52. The molecule has 1 atom stereocenters. The Hall–Kier alpha value is -3.03. The molecule has 0 saturated carbocycles. The molecule has 8 nitrogen and oxygen atoms in total. The minimum atomic E-state index is -0.645. The third-order valence-electron chi connectivity index (χ3n) is 4.67. The number of hydrogen-bond acceptors (Lipinski definition) is 6.